The van der Waals surface area contributed by atoms with E-state index in [1.807, 2.05) is 24.3 Å². The van der Waals surface area contributed by atoms with Crippen LogP contribution >= 0.6 is 0 Å². The van der Waals surface area contributed by atoms with Gasteiger partial charge in [0.2, 0.25) is 5.91 Å². The molecule has 0 spiro atoms. The molecule has 1 fully saturated rings. The van der Waals surface area contributed by atoms with Crippen molar-refractivity contribution in [2.24, 2.45) is 5.92 Å². The van der Waals surface area contributed by atoms with Crippen LogP contribution in [0, 0.1) is 5.92 Å². The number of anilines is 1. The van der Waals surface area contributed by atoms with Crippen molar-refractivity contribution >= 4 is 11.6 Å². The van der Waals surface area contributed by atoms with Gasteiger partial charge in [-0.25, -0.2) is 0 Å². The predicted octanol–water partition coefficient (Wildman–Crippen LogP) is 0.947. The maximum atomic E-state index is 11.3. The summed E-state index contributed by atoms with van der Waals surface area (Å²) in [6.45, 7) is 0.818. The summed E-state index contributed by atoms with van der Waals surface area (Å²) in [6, 6.07) is 7.73. The number of nitrogens with two attached hydrogens (primary N) is 1. The van der Waals surface area contributed by atoms with E-state index in [-0.39, 0.29) is 11.8 Å². The van der Waals surface area contributed by atoms with Crippen molar-refractivity contribution in [3.63, 3.8) is 0 Å². The van der Waals surface area contributed by atoms with Crippen molar-refractivity contribution in [1.82, 2.24) is 5.32 Å². The van der Waals surface area contributed by atoms with Crippen LogP contribution in [0.1, 0.15) is 12.0 Å². The van der Waals surface area contributed by atoms with Gasteiger partial charge in [-0.15, -0.1) is 0 Å². The Morgan fingerprint density at radius 2 is 2.07 bits per heavy atom. The zero-order valence-electron chi connectivity index (χ0n) is 7.99. The molecule has 0 bridgehead atoms. The number of amides is 1. The molecule has 0 radical (unpaired) electrons. The number of nitrogens with one attached hydrogen (secondary N) is 1. The van der Waals surface area contributed by atoms with Gasteiger partial charge in [0.25, 0.3) is 0 Å². The smallest absolute Gasteiger partial charge is 0.223 e. The molecule has 1 aliphatic heterocycles. The molecule has 1 aromatic rings. The van der Waals surface area contributed by atoms with E-state index >= 15 is 0 Å². The molecule has 1 saturated heterocycles. The Morgan fingerprint density at radius 3 is 2.64 bits per heavy atom. The lowest BCUT2D eigenvalue weighted by molar-refractivity contribution is -0.122. The van der Waals surface area contributed by atoms with Gasteiger partial charge >= 0.3 is 0 Å². The maximum absolute atomic E-state index is 11.3. The molecule has 1 aromatic carbocycles. The number of carbonyl (C=O) groups excluding carboxylic acids is 1. The highest BCUT2D eigenvalue weighted by molar-refractivity contribution is 5.80. The van der Waals surface area contributed by atoms with Gasteiger partial charge in [0.1, 0.15) is 0 Å². The lowest BCUT2D eigenvalue weighted by atomic mass is 9.98. The van der Waals surface area contributed by atoms with Crippen LogP contribution in [-0.4, -0.2) is 12.5 Å². The van der Waals surface area contributed by atoms with Gasteiger partial charge < -0.3 is 11.1 Å². The van der Waals surface area contributed by atoms with Crippen molar-refractivity contribution in [2.45, 2.75) is 12.8 Å². The molecule has 1 amide bonds. The van der Waals surface area contributed by atoms with Crippen molar-refractivity contribution in [1.29, 1.82) is 0 Å². The van der Waals surface area contributed by atoms with Gasteiger partial charge in [-0.2, -0.15) is 0 Å². The van der Waals surface area contributed by atoms with Crippen LogP contribution in [0.4, 0.5) is 5.69 Å². The van der Waals surface area contributed by atoms with Crippen molar-refractivity contribution in [3.8, 4) is 0 Å². The normalized spacial score (nSPS) is 20.9. The summed E-state index contributed by atoms with van der Waals surface area (Å²) in [5.41, 5.74) is 7.53. The minimum Gasteiger partial charge on any atom is -0.399 e. The predicted molar refractivity (Wildman–Crippen MR) is 55.7 cm³/mol. The van der Waals surface area contributed by atoms with Gasteiger partial charge in [-0.1, -0.05) is 12.1 Å². The fourth-order valence-corrected chi connectivity index (χ4v) is 1.78. The minimum absolute atomic E-state index is 0.152. The molecule has 14 heavy (non-hydrogen) atoms. The first-order valence-electron chi connectivity index (χ1n) is 4.88. The molecule has 74 valence electrons. The lowest BCUT2D eigenvalue weighted by Crippen LogP contribution is -2.20. The van der Waals surface area contributed by atoms with E-state index in [0.717, 1.165) is 25.1 Å². The molecule has 1 unspecified atom stereocenters. The first-order valence-corrected chi connectivity index (χ1v) is 4.88. The monoisotopic (exact) mass is 190 g/mol. The van der Waals surface area contributed by atoms with E-state index in [9.17, 15) is 4.79 Å². The Labute approximate surface area is 83.3 Å². The summed E-state index contributed by atoms with van der Waals surface area (Å²) in [7, 11) is 0. The van der Waals surface area contributed by atoms with E-state index in [2.05, 4.69) is 5.32 Å². The second-order valence-electron chi connectivity index (χ2n) is 3.72. The Kier molecular flexibility index (Phi) is 2.39. The number of rotatable bonds is 2. The van der Waals surface area contributed by atoms with E-state index in [0.29, 0.717) is 0 Å². The van der Waals surface area contributed by atoms with Crippen LogP contribution in [0.2, 0.25) is 0 Å². The van der Waals surface area contributed by atoms with Crippen molar-refractivity contribution < 1.29 is 4.79 Å². The van der Waals surface area contributed by atoms with E-state index in [1.54, 1.807) is 0 Å². The molecule has 0 aromatic heterocycles. The molecule has 1 aliphatic rings. The molecule has 3 N–H and O–H groups in total. The van der Waals surface area contributed by atoms with Gasteiger partial charge in [0.15, 0.2) is 0 Å². The van der Waals surface area contributed by atoms with Gasteiger partial charge in [-0.05, 0) is 30.5 Å². The van der Waals surface area contributed by atoms with E-state index in [4.69, 9.17) is 5.73 Å². The molecule has 0 saturated carbocycles. The number of hydrogen-bond acceptors (Lipinski definition) is 2. The first-order chi connectivity index (χ1) is 6.75. The minimum atomic E-state index is 0.152. The van der Waals surface area contributed by atoms with Crippen LogP contribution in [0.25, 0.3) is 0 Å². The van der Waals surface area contributed by atoms with Crippen LogP contribution in [0.5, 0.6) is 0 Å². The van der Waals surface area contributed by atoms with Gasteiger partial charge in [-0.3, -0.25) is 4.79 Å². The first kappa shape index (κ1) is 9.06. The summed E-state index contributed by atoms with van der Waals surface area (Å²) in [5.74, 6) is 0.334. The zero-order chi connectivity index (χ0) is 9.97. The Morgan fingerprint density at radius 1 is 1.36 bits per heavy atom. The van der Waals surface area contributed by atoms with E-state index < -0.39 is 0 Å². The topological polar surface area (TPSA) is 55.1 Å². The summed E-state index contributed by atoms with van der Waals surface area (Å²) >= 11 is 0. The van der Waals surface area contributed by atoms with Crippen LogP contribution in [0.3, 0.4) is 0 Å². The molecular weight excluding hydrogens is 176 g/mol. The third-order valence-electron chi connectivity index (χ3n) is 2.62. The molecule has 1 atom stereocenters. The van der Waals surface area contributed by atoms with Crippen LogP contribution in [0.15, 0.2) is 24.3 Å². The third-order valence-corrected chi connectivity index (χ3v) is 2.62. The van der Waals surface area contributed by atoms with Crippen LogP contribution in [-0.2, 0) is 11.2 Å². The average molecular weight is 190 g/mol. The second kappa shape index (κ2) is 3.70. The van der Waals surface area contributed by atoms with Gasteiger partial charge in [0, 0.05) is 18.2 Å². The molecule has 3 heteroatoms. The quantitative estimate of drug-likeness (QED) is 0.682. The molecule has 0 aliphatic carbocycles. The SMILES string of the molecule is Nc1ccc(CC2CCNC2=O)cc1. The maximum Gasteiger partial charge on any atom is 0.223 e. The van der Waals surface area contributed by atoms with E-state index in [1.165, 1.54) is 5.56 Å². The molecular formula is C11H14N2O. The fourth-order valence-electron chi connectivity index (χ4n) is 1.78. The van der Waals surface area contributed by atoms with Crippen molar-refractivity contribution in [3.05, 3.63) is 29.8 Å². The molecule has 2 rings (SSSR count). The highest BCUT2D eigenvalue weighted by atomic mass is 16.2. The second-order valence-corrected chi connectivity index (χ2v) is 3.72. The number of nitrogen functional groups attached to an aromatic ring is 1. The summed E-state index contributed by atoms with van der Waals surface area (Å²) in [5, 5.41) is 2.84. The van der Waals surface area contributed by atoms with Gasteiger partial charge in [0.05, 0.1) is 0 Å². The van der Waals surface area contributed by atoms with Crippen LogP contribution < -0.4 is 11.1 Å². The summed E-state index contributed by atoms with van der Waals surface area (Å²) in [4.78, 5) is 11.3. The Hall–Kier alpha value is -1.51. The highest BCUT2D eigenvalue weighted by Crippen LogP contribution is 2.17. The Bertz CT molecular complexity index is 332. The highest BCUT2D eigenvalue weighted by Gasteiger charge is 2.23. The largest absolute Gasteiger partial charge is 0.399 e. The average Bonchev–Trinajstić information content (AvgIpc) is 2.56. The molecule has 3 nitrogen and oxygen atoms in total. The third kappa shape index (κ3) is 1.87. The summed E-state index contributed by atoms with van der Waals surface area (Å²) in [6.07, 6.45) is 1.77. The number of carbonyl (C=O) groups is 1. The zero-order valence-corrected chi connectivity index (χ0v) is 7.99. The lowest BCUT2D eigenvalue weighted by Gasteiger charge is -2.06. The Balaban J connectivity index is 2.03. The fraction of sp³-hybridized carbons (Fsp3) is 0.364. The number of benzene rings is 1. The summed E-state index contributed by atoms with van der Waals surface area (Å²) < 4.78 is 0. The standard InChI is InChI=1S/C11H14N2O/c12-10-3-1-8(2-4-10)7-9-5-6-13-11(9)14/h1-4,9H,5-7,12H2,(H,13,14). The molecule has 1 heterocycles. The number of hydrogen-bond donors (Lipinski definition) is 2. The van der Waals surface area contributed by atoms with Crippen molar-refractivity contribution in [2.75, 3.05) is 12.3 Å².